The monoisotopic (exact) mass is 142 g/mol. The molecule has 0 radical (unpaired) electrons. The lowest BCUT2D eigenvalue weighted by Crippen LogP contribution is -2.11. The molecule has 0 saturated heterocycles. The van der Waals surface area contributed by atoms with Gasteiger partial charge in [0, 0.05) is 0 Å². The van der Waals surface area contributed by atoms with Crippen molar-refractivity contribution < 1.29 is 9.90 Å². The number of hydrogen-bond donors (Lipinski definition) is 1. The number of aliphatic hydroxyl groups is 1. The first-order chi connectivity index (χ1) is 3.18. The van der Waals surface area contributed by atoms with E-state index in [1.165, 1.54) is 0 Å². The van der Waals surface area contributed by atoms with Gasteiger partial charge in [-0.05, 0) is 11.6 Å². The molecule has 0 heterocycles. The lowest BCUT2D eigenvalue weighted by molar-refractivity contribution is -0.111. The minimum Gasteiger partial charge on any atom is -0.394 e. The topological polar surface area (TPSA) is 37.3 Å². The maximum atomic E-state index is 9.85. The molecule has 1 N–H and O–H groups in total. The molecule has 0 aliphatic carbocycles. The highest BCUT2D eigenvalue weighted by atomic mass is 35.5. The van der Waals surface area contributed by atoms with Crippen LogP contribution in [-0.2, 0) is 4.79 Å². The van der Waals surface area contributed by atoms with Crippen molar-refractivity contribution in [2.45, 2.75) is 5.38 Å². The third-order valence-electron chi connectivity index (χ3n) is 0.407. The van der Waals surface area contributed by atoms with Crippen molar-refractivity contribution in [3.05, 3.63) is 0 Å². The number of halogens is 2. The fraction of sp³-hybridized carbons (Fsp3) is 0.667. The minimum absolute atomic E-state index is 0.399. The van der Waals surface area contributed by atoms with E-state index in [2.05, 4.69) is 0 Å². The molecule has 1 unspecified atom stereocenters. The normalized spacial score (nSPS) is 13.6. The Morgan fingerprint density at radius 3 is 2.29 bits per heavy atom. The summed E-state index contributed by atoms with van der Waals surface area (Å²) in [6, 6.07) is 0. The molecule has 0 aromatic carbocycles. The lowest BCUT2D eigenvalue weighted by atomic mass is 10.5. The number of alkyl halides is 1. The lowest BCUT2D eigenvalue weighted by Gasteiger charge is -1.92. The first kappa shape index (κ1) is 7.21. The molecule has 0 aliphatic heterocycles. The molecule has 0 saturated carbocycles. The van der Waals surface area contributed by atoms with Crippen molar-refractivity contribution in [2.75, 3.05) is 6.61 Å². The second-order valence-corrected chi connectivity index (χ2v) is 1.85. The predicted octanol–water partition coefficient (Wildman–Crippen LogP) is 0.351. The van der Waals surface area contributed by atoms with Crippen LogP contribution in [0.3, 0.4) is 0 Å². The van der Waals surface area contributed by atoms with Crippen LogP contribution in [-0.4, -0.2) is 22.3 Å². The van der Waals surface area contributed by atoms with Crippen LogP contribution in [0.5, 0.6) is 0 Å². The Bertz CT molecular complexity index is 73.3. The summed E-state index contributed by atoms with van der Waals surface area (Å²) in [6.45, 7) is -0.399. The first-order valence-corrected chi connectivity index (χ1v) is 2.44. The van der Waals surface area contributed by atoms with Gasteiger partial charge in [-0.3, -0.25) is 4.79 Å². The average Bonchev–Trinajstić information content (AvgIpc) is 1.65. The number of carbonyl (C=O) groups excluding carboxylic acids is 1. The van der Waals surface area contributed by atoms with E-state index in [9.17, 15) is 4.79 Å². The van der Waals surface area contributed by atoms with E-state index in [1.807, 2.05) is 0 Å². The summed E-state index contributed by atoms with van der Waals surface area (Å²) < 4.78 is 0. The SMILES string of the molecule is O=C(Cl)C(Cl)CO. The number of carbonyl (C=O) groups is 1. The van der Waals surface area contributed by atoms with Crippen LogP contribution in [0.1, 0.15) is 0 Å². The molecule has 0 aromatic rings. The summed E-state index contributed by atoms with van der Waals surface area (Å²) in [5.74, 6) is 0. The fourth-order valence-corrected chi connectivity index (χ4v) is 0.141. The minimum atomic E-state index is -0.943. The summed E-state index contributed by atoms with van der Waals surface area (Å²) in [7, 11) is 0. The van der Waals surface area contributed by atoms with Gasteiger partial charge in [0.2, 0.25) is 5.24 Å². The Balaban J connectivity index is 3.34. The fourth-order valence-electron chi connectivity index (χ4n) is 0.0718. The second-order valence-electron chi connectivity index (χ2n) is 0.954. The van der Waals surface area contributed by atoms with E-state index in [1.54, 1.807) is 0 Å². The smallest absolute Gasteiger partial charge is 0.241 e. The summed E-state index contributed by atoms with van der Waals surface area (Å²) in [5, 5.41) is 6.41. The zero-order valence-corrected chi connectivity index (χ0v) is 4.91. The number of aliphatic hydroxyl groups excluding tert-OH is 1. The Labute approximate surface area is 51.0 Å². The van der Waals surface area contributed by atoms with Gasteiger partial charge in [-0.15, -0.1) is 11.6 Å². The van der Waals surface area contributed by atoms with E-state index in [0.29, 0.717) is 0 Å². The van der Waals surface area contributed by atoms with Crippen molar-refractivity contribution in [1.29, 1.82) is 0 Å². The molecule has 42 valence electrons. The molecule has 0 fully saturated rings. The second kappa shape index (κ2) is 3.24. The van der Waals surface area contributed by atoms with Gasteiger partial charge < -0.3 is 5.11 Å². The summed E-state index contributed by atoms with van der Waals surface area (Å²) >= 11 is 9.87. The molecule has 1 atom stereocenters. The van der Waals surface area contributed by atoms with Crippen LogP contribution in [0.25, 0.3) is 0 Å². The molecule has 0 aliphatic rings. The van der Waals surface area contributed by atoms with Crippen LogP contribution in [0.15, 0.2) is 0 Å². The van der Waals surface area contributed by atoms with Gasteiger partial charge in [-0.2, -0.15) is 0 Å². The van der Waals surface area contributed by atoms with Crippen LogP contribution >= 0.6 is 23.2 Å². The van der Waals surface area contributed by atoms with Gasteiger partial charge in [0.25, 0.3) is 0 Å². The highest BCUT2D eigenvalue weighted by molar-refractivity contribution is 6.69. The zero-order valence-electron chi connectivity index (χ0n) is 3.40. The molecular formula is C3H4Cl2O2. The Hall–Kier alpha value is 0.210. The Morgan fingerprint density at radius 1 is 1.86 bits per heavy atom. The molecule has 0 rings (SSSR count). The third kappa shape index (κ3) is 2.85. The molecule has 0 spiro atoms. The van der Waals surface area contributed by atoms with Gasteiger partial charge in [-0.25, -0.2) is 0 Å². The van der Waals surface area contributed by atoms with Crippen LogP contribution in [0.4, 0.5) is 0 Å². The maximum Gasteiger partial charge on any atom is 0.241 e. The predicted molar refractivity (Wildman–Crippen MR) is 27.6 cm³/mol. The van der Waals surface area contributed by atoms with Crippen LogP contribution in [0, 0.1) is 0 Å². The Kier molecular flexibility index (Phi) is 3.34. The van der Waals surface area contributed by atoms with Crippen molar-refractivity contribution in [2.24, 2.45) is 0 Å². The maximum absolute atomic E-state index is 9.85. The molecule has 0 amide bonds. The summed E-state index contributed by atoms with van der Waals surface area (Å²) in [4.78, 5) is 9.85. The number of hydrogen-bond acceptors (Lipinski definition) is 2. The largest absolute Gasteiger partial charge is 0.394 e. The highest BCUT2D eigenvalue weighted by Crippen LogP contribution is 1.97. The molecule has 2 nitrogen and oxygen atoms in total. The van der Waals surface area contributed by atoms with Crippen LogP contribution in [0.2, 0.25) is 0 Å². The zero-order chi connectivity index (χ0) is 5.86. The molecule has 0 bridgehead atoms. The van der Waals surface area contributed by atoms with Gasteiger partial charge in [0.05, 0.1) is 6.61 Å². The molecular weight excluding hydrogens is 139 g/mol. The Morgan fingerprint density at radius 2 is 2.29 bits per heavy atom. The third-order valence-corrected chi connectivity index (χ3v) is 1.12. The van der Waals surface area contributed by atoms with Crippen molar-refractivity contribution in [1.82, 2.24) is 0 Å². The number of rotatable bonds is 2. The van der Waals surface area contributed by atoms with Crippen LogP contribution < -0.4 is 0 Å². The quantitative estimate of drug-likeness (QED) is 0.447. The van der Waals surface area contributed by atoms with Gasteiger partial charge in [0.1, 0.15) is 5.38 Å². The van der Waals surface area contributed by atoms with E-state index in [4.69, 9.17) is 28.3 Å². The van der Waals surface area contributed by atoms with Crippen molar-refractivity contribution in [3.8, 4) is 0 Å². The van der Waals surface area contributed by atoms with Gasteiger partial charge in [0.15, 0.2) is 0 Å². The highest BCUT2D eigenvalue weighted by Gasteiger charge is 2.08. The van der Waals surface area contributed by atoms with E-state index < -0.39 is 17.2 Å². The van der Waals surface area contributed by atoms with Crippen molar-refractivity contribution in [3.63, 3.8) is 0 Å². The van der Waals surface area contributed by atoms with Crippen molar-refractivity contribution >= 4 is 28.4 Å². The summed E-state index contributed by atoms with van der Waals surface area (Å²) in [6.07, 6.45) is 0. The molecule has 4 heteroatoms. The standard InChI is InChI=1S/C3H4Cl2O2/c4-2(1-6)3(5)7/h2,6H,1H2. The first-order valence-electron chi connectivity index (χ1n) is 1.62. The molecule has 7 heavy (non-hydrogen) atoms. The van der Waals surface area contributed by atoms with Gasteiger partial charge in [-0.1, -0.05) is 0 Å². The van der Waals surface area contributed by atoms with E-state index in [0.717, 1.165) is 0 Å². The summed E-state index contributed by atoms with van der Waals surface area (Å²) in [5.41, 5.74) is 0. The average molecular weight is 143 g/mol. The van der Waals surface area contributed by atoms with Gasteiger partial charge >= 0.3 is 0 Å². The van der Waals surface area contributed by atoms with E-state index in [-0.39, 0.29) is 0 Å². The molecule has 0 aromatic heterocycles. The van der Waals surface area contributed by atoms with E-state index >= 15 is 0 Å².